The van der Waals surface area contributed by atoms with E-state index in [-0.39, 0.29) is 30.5 Å². The van der Waals surface area contributed by atoms with E-state index in [1.807, 2.05) is 0 Å². The largest absolute Gasteiger partial charge is 0.481 e. The molecule has 6 rings (SSSR count). The van der Waals surface area contributed by atoms with Crippen LogP contribution in [-0.4, -0.2) is 109 Å². The molecular formula is C34H46N10O8S2. The molecule has 292 valence electrons. The molecule has 4 aromatic heterocycles. The fourth-order valence-corrected chi connectivity index (χ4v) is 7.02. The van der Waals surface area contributed by atoms with Gasteiger partial charge in [-0.2, -0.15) is 0 Å². The molecule has 2 aliphatic rings. The summed E-state index contributed by atoms with van der Waals surface area (Å²) < 4.78 is 41.9. The quantitative estimate of drug-likeness (QED) is 0.164. The van der Waals surface area contributed by atoms with E-state index in [2.05, 4.69) is 63.6 Å². The molecule has 0 spiro atoms. The second kappa shape index (κ2) is 20.4. The summed E-state index contributed by atoms with van der Waals surface area (Å²) in [6.07, 6.45) is 5.12. The number of nitrogens with two attached hydrogens (primary N) is 1. The number of hydrogen-bond donors (Lipinski definition) is 2. The van der Waals surface area contributed by atoms with Crippen LogP contribution in [0.1, 0.15) is 60.0 Å². The zero-order valence-corrected chi connectivity index (χ0v) is 32.7. The standard InChI is InChI=1S/C16H21N5O3S.C14H19N5O2S.C4H6O3/c1-10-4-12(24-15-5-14(23-3)18-9-19-15)7-21(10)8-13-6-17-16(25-13)20-11(2)22;1-9-3-10(21-13-4-12(20-2)17-8-18-13)6-19(9)7-11-5-16-14(15)22-11;1-3(5)7-4(2)6/h5-6,9-10,12H,4,7-8H2,1-3H3,(H,17,20,22);4-5,8-10H,3,6-7H2,1-2H3,(H2,15,16);1-2H3/t10-,12+;9-,10+;/m00./s1/i6D;5D;. The minimum Gasteiger partial charge on any atom is -0.481 e. The average molecular weight is 789 g/mol. The highest BCUT2D eigenvalue weighted by Crippen LogP contribution is 2.28. The Morgan fingerprint density at radius 1 is 0.778 bits per heavy atom. The summed E-state index contributed by atoms with van der Waals surface area (Å²) in [5.41, 5.74) is 5.66. The number of nitrogens with one attached hydrogen (secondary N) is 1. The van der Waals surface area contributed by atoms with E-state index in [0.29, 0.717) is 59.0 Å². The van der Waals surface area contributed by atoms with Gasteiger partial charge in [0.25, 0.3) is 0 Å². The van der Waals surface area contributed by atoms with E-state index >= 15 is 0 Å². The summed E-state index contributed by atoms with van der Waals surface area (Å²) in [4.78, 5) is 61.2. The summed E-state index contributed by atoms with van der Waals surface area (Å²) >= 11 is 2.71. The van der Waals surface area contributed by atoms with Crippen LogP contribution in [0.5, 0.6) is 23.5 Å². The number of nitrogens with zero attached hydrogens (tertiary/aromatic N) is 8. The van der Waals surface area contributed by atoms with Crippen LogP contribution in [0.2, 0.25) is 0 Å². The Balaban J connectivity index is 0.000000214. The van der Waals surface area contributed by atoms with E-state index < -0.39 is 11.9 Å². The van der Waals surface area contributed by atoms with E-state index in [1.54, 1.807) is 26.4 Å². The Morgan fingerprint density at radius 2 is 1.24 bits per heavy atom. The molecule has 0 aliphatic carbocycles. The van der Waals surface area contributed by atoms with Crippen molar-refractivity contribution in [3.05, 3.63) is 46.9 Å². The number of esters is 2. The van der Waals surface area contributed by atoms with Crippen LogP contribution in [0.3, 0.4) is 0 Å². The first-order valence-corrected chi connectivity index (χ1v) is 18.4. The minimum absolute atomic E-state index is 0.00141. The van der Waals surface area contributed by atoms with Crippen molar-refractivity contribution in [1.82, 2.24) is 39.7 Å². The zero-order valence-electron chi connectivity index (χ0n) is 33.1. The Kier molecular flexibility index (Phi) is 14.6. The predicted molar refractivity (Wildman–Crippen MR) is 200 cm³/mol. The van der Waals surface area contributed by atoms with Gasteiger partial charge in [-0.1, -0.05) is 0 Å². The third-order valence-corrected chi connectivity index (χ3v) is 9.46. The Bertz CT molecular complexity index is 1930. The summed E-state index contributed by atoms with van der Waals surface area (Å²) in [5.74, 6) is 0.638. The van der Waals surface area contributed by atoms with E-state index in [9.17, 15) is 14.4 Å². The van der Waals surface area contributed by atoms with Crippen LogP contribution in [-0.2, 0) is 32.2 Å². The normalized spacial score (nSPS) is 19.9. The first-order valence-electron chi connectivity index (χ1n) is 17.8. The molecule has 0 radical (unpaired) electrons. The van der Waals surface area contributed by atoms with Crippen LogP contribution >= 0.6 is 22.7 Å². The molecule has 54 heavy (non-hydrogen) atoms. The van der Waals surface area contributed by atoms with Crippen molar-refractivity contribution in [3.63, 3.8) is 0 Å². The second-order valence-corrected chi connectivity index (χ2v) is 14.4. The smallest absolute Gasteiger partial charge is 0.310 e. The molecule has 2 saturated heterocycles. The summed E-state index contributed by atoms with van der Waals surface area (Å²) in [6, 6.07) is 4.00. The lowest BCUT2D eigenvalue weighted by Crippen LogP contribution is -2.27. The Labute approximate surface area is 324 Å². The lowest BCUT2D eigenvalue weighted by Gasteiger charge is -2.19. The number of ether oxygens (including phenoxy) is 5. The van der Waals surface area contributed by atoms with Crippen LogP contribution in [0, 0.1) is 0 Å². The molecule has 4 aromatic rings. The van der Waals surface area contributed by atoms with Crippen molar-refractivity contribution in [2.75, 3.05) is 38.4 Å². The lowest BCUT2D eigenvalue weighted by molar-refractivity contribution is -0.156. The first kappa shape index (κ1) is 38.7. The number of anilines is 2. The number of likely N-dealkylation sites (tertiary alicyclic amines) is 2. The molecule has 3 N–H and O–H groups in total. The van der Waals surface area contributed by atoms with Gasteiger partial charge >= 0.3 is 11.9 Å². The topological polar surface area (TPSA) is 219 Å². The van der Waals surface area contributed by atoms with Crippen molar-refractivity contribution in [2.45, 2.75) is 84.8 Å². The maximum Gasteiger partial charge on any atom is 0.310 e. The maximum atomic E-state index is 11.1. The highest BCUT2D eigenvalue weighted by molar-refractivity contribution is 7.15. The van der Waals surface area contributed by atoms with E-state index in [4.69, 9.17) is 27.4 Å². The average Bonchev–Trinajstić information content (AvgIpc) is 3.85. The number of methoxy groups -OCH3 is 2. The molecule has 0 saturated carbocycles. The summed E-state index contributed by atoms with van der Waals surface area (Å²) in [6.45, 7) is 10.8. The van der Waals surface area contributed by atoms with Crippen molar-refractivity contribution < 1.29 is 40.8 Å². The van der Waals surface area contributed by atoms with Gasteiger partial charge in [0.1, 0.15) is 24.9 Å². The monoisotopic (exact) mass is 788 g/mol. The molecule has 2 fully saturated rings. The second-order valence-electron chi connectivity index (χ2n) is 12.2. The van der Waals surface area contributed by atoms with Crippen LogP contribution in [0.4, 0.5) is 10.3 Å². The predicted octanol–water partition coefficient (Wildman–Crippen LogP) is 3.60. The number of thiazole rings is 2. The molecule has 2 aliphatic heterocycles. The van der Waals surface area contributed by atoms with Gasteiger partial charge in [-0.25, -0.2) is 29.9 Å². The zero-order chi connectivity index (χ0) is 40.9. The van der Waals surface area contributed by atoms with Gasteiger partial charge < -0.3 is 34.7 Å². The Hall–Kier alpha value is -5.05. The van der Waals surface area contributed by atoms with E-state index in [0.717, 1.165) is 35.7 Å². The molecule has 6 heterocycles. The van der Waals surface area contributed by atoms with Gasteiger partial charge in [0.05, 0.1) is 29.1 Å². The van der Waals surface area contributed by atoms with Gasteiger partial charge in [-0.15, -0.1) is 22.7 Å². The number of amides is 1. The van der Waals surface area contributed by atoms with Crippen LogP contribution < -0.4 is 30.0 Å². The molecule has 20 heteroatoms. The van der Waals surface area contributed by atoms with Gasteiger partial charge in [-0.05, 0) is 13.8 Å². The van der Waals surface area contributed by atoms with Crippen molar-refractivity contribution in [3.8, 4) is 23.5 Å². The Morgan fingerprint density at radius 3 is 1.65 bits per heavy atom. The number of rotatable bonds is 11. The van der Waals surface area contributed by atoms with Crippen molar-refractivity contribution in [1.29, 1.82) is 0 Å². The number of aromatic nitrogens is 6. The third kappa shape index (κ3) is 13.7. The maximum absolute atomic E-state index is 11.1. The summed E-state index contributed by atoms with van der Waals surface area (Å²) in [5, 5.41) is 3.54. The van der Waals surface area contributed by atoms with Gasteiger partial charge in [-0.3, -0.25) is 24.2 Å². The number of hydrogen-bond acceptors (Lipinski definition) is 19. The number of carbonyl (C=O) groups excluding carboxylic acids is 3. The molecule has 1 amide bonds. The molecular weight excluding hydrogens is 741 g/mol. The highest BCUT2D eigenvalue weighted by atomic mass is 32.1. The first-order chi connectivity index (χ1) is 26.6. The van der Waals surface area contributed by atoms with Crippen LogP contribution in [0.15, 0.2) is 37.1 Å². The van der Waals surface area contributed by atoms with Gasteiger partial charge in [0.15, 0.2) is 10.3 Å². The third-order valence-electron chi connectivity index (χ3n) is 7.84. The summed E-state index contributed by atoms with van der Waals surface area (Å²) in [7, 11) is 3.11. The van der Waals surface area contributed by atoms with Gasteiger partial charge in [0, 0.05) is 94.0 Å². The molecule has 0 aromatic carbocycles. The lowest BCUT2D eigenvalue weighted by atomic mass is 10.2. The molecule has 0 unspecified atom stereocenters. The van der Waals surface area contributed by atoms with E-state index in [1.165, 1.54) is 56.1 Å². The van der Waals surface area contributed by atoms with Gasteiger partial charge in [0.2, 0.25) is 29.4 Å². The molecule has 4 atom stereocenters. The van der Waals surface area contributed by atoms with Crippen molar-refractivity contribution >= 4 is 50.8 Å². The SMILES string of the molecule is CC(=O)OC(C)=O.[2H]c1nc(N)sc1CN1C[C@H](Oc2cc(OC)ncn2)C[C@@H]1C.[2H]c1nc(NC(C)=O)sc1CN1C[C@H](Oc2cc(OC)ncn2)C[C@@H]1C. The fourth-order valence-electron chi connectivity index (χ4n) is 5.52. The molecule has 0 bridgehead atoms. The van der Waals surface area contributed by atoms with Crippen molar-refractivity contribution in [2.24, 2.45) is 0 Å². The fraction of sp³-hybridized carbons (Fsp3) is 0.500. The minimum atomic E-state index is -0.562. The highest BCUT2D eigenvalue weighted by Gasteiger charge is 2.32. The molecule has 18 nitrogen and oxygen atoms in total. The number of carbonyl (C=O) groups is 3. The number of nitrogen functional groups attached to an aromatic ring is 1. The van der Waals surface area contributed by atoms with Crippen LogP contribution in [0.25, 0.3) is 0 Å².